The smallest absolute Gasteiger partial charge is 0.0651 e. The summed E-state index contributed by atoms with van der Waals surface area (Å²) in [5.74, 6) is 0.899. The van der Waals surface area contributed by atoms with E-state index in [-0.39, 0.29) is 0 Å². The summed E-state index contributed by atoms with van der Waals surface area (Å²) in [6.07, 6.45) is 3.63. The summed E-state index contributed by atoms with van der Waals surface area (Å²) in [6, 6.07) is 1.65. The molecule has 2 heterocycles. The molecule has 2 saturated heterocycles. The summed E-state index contributed by atoms with van der Waals surface area (Å²) >= 11 is 0. The molecule has 3 rings (SSSR count). The molecule has 5 unspecified atom stereocenters. The summed E-state index contributed by atoms with van der Waals surface area (Å²) in [5.41, 5.74) is 0. The Morgan fingerprint density at radius 2 is 2.10 bits per heavy atom. The fraction of sp³-hybridized carbons (Fsp3) is 1.00. The van der Waals surface area contributed by atoms with Gasteiger partial charge in [-0.1, -0.05) is 0 Å². The van der Waals surface area contributed by atoms with E-state index in [0.717, 1.165) is 18.0 Å². The van der Waals surface area contributed by atoms with Crippen LogP contribution in [0.4, 0.5) is 0 Å². The highest BCUT2D eigenvalue weighted by Gasteiger charge is 2.57. The SMILES string of the molecule is CC1CC2NC3CC(O1)C23. The molecule has 2 aliphatic heterocycles. The number of rotatable bonds is 0. The summed E-state index contributed by atoms with van der Waals surface area (Å²) in [7, 11) is 0. The van der Waals surface area contributed by atoms with Gasteiger partial charge in [0.2, 0.25) is 0 Å². The Labute approximate surface area is 60.9 Å². The van der Waals surface area contributed by atoms with E-state index in [0.29, 0.717) is 12.2 Å². The molecule has 5 atom stereocenters. The zero-order valence-corrected chi connectivity index (χ0v) is 6.21. The normalized spacial score (nSPS) is 63.9. The van der Waals surface area contributed by atoms with Crippen molar-refractivity contribution in [1.29, 1.82) is 0 Å². The van der Waals surface area contributed by atoms with Crippen molar-refractivity contribution in [2.75, 3.05) is 0 Å². The molecule has 0 spiro atoms. The molecule has 0 bridgehead atoms. The van der Waals surface area contributed by atoms with Crippen molar-refractivity contribution in [3.63, 3.8) is 0 Å². The van der Waals surface area contributed by atoms with Gasteiger partial charge in [0.25, 0.3) is 0 Å². The molecule has 10 heavy (non-hydrogen) atoms. The van der Waals surface area contributed by atoms with Crippen molar-refractivity contribution < 1.29 is 4.74 Å². The average Bonchev–Trinajstić information content (AvgIpc) is 1.78. The second kappa shape index (κ2) is 1.56. The largest absolute Gasteiger partial charge is 0.375 e. The first-order valence-corrected chi connectivity index (χ1v) is 4.26. The van der Waals surface area contributed by atoms with Crippen LogP contribution in [-0.2, 0) is 4.74 Å². The molecule has 2 nitrogen and oxygen atoms in total. The molecule has 0 aromatic carbocycles. The number of ether oxygens (including phenoxy) is 1. The average molecular weight is 139 g/mol. The van der Waals surface area contributed by atoms with Crippen LogP contribution in [0.2, 0.25) is 0 Å². The molecule has 56 valence electrons. The Kier molecular flexibility index (Phi) is 0.868. The number of hydrogen-bond acceptors (Lipinski definition) is 2. The third-order valence-electron chi connectivity index (χ3n) is 3.27. The Balaban J connectivity index is 1.80. The standard InChI is InChI=1S/C8H13NO/c1-4-2-5-8-6(9-5)3-7(8)10-4/h4-9H,2-3H2,1H3. The molecule has 1 N–H and O–H groups in total. The first-order valence-electron chi connectivity index (χ1n) is 4.26. The monoisotopic (exact) mass is 139 g/mol. The maximum absolute atomic E-state index is 5.75. The Morgan fingerprint density at radius 1 is 1.30 bits per heavy atom. The van der Waals surface area contributed by atoms with Gasteiger partial charge >= 0.3 is 0 Å². The van der Waals surface area contributed by atoms with Crippen molar-refractivity contribution in [2.24, 2.45) is 5.92 Å². The Morgan fingerprint density at radius 3 is 2.80 bits per heavy atom. The zero-order chi connectivity index (χ0) is 6.72. The van der Waals surface area contributed by atoms with Gasteiger partial charge < -0.3 is 10.1 Å². The Bertz CT molecular complexity index is 155. The molecular weight excluding hydrogens is 126 g/mol. The quantitative estimate of drug-likeness (QED) is 0.528. The Hall–Kier alpha value is -0.0800. The lowest BCUT2D eigenvalue weighted by Gasteiger charge is -2.62. The highest BCUT2D eigenvalue weighted by atomic mass is 16.5. The molecule has 0 aromatic heterocycles. The van der Waals surface area contributed by atoms with Crippen molar-refractivity contribution >= 4 is 0 Å². The van der Waals surface area contributed by atoms with E-state index >= 15 is 0 Å². The summed E-state index contributed by atoms with van der Waals surface area (Å²) in [4.78, 5) is 0. The van der Waals surface area contributed by atoms with Crippen LogP contribution in [0, 0.1) is 5.92 Å². The van der Waals surface area contributed by atoms with Gasteiger partial charge in [0, 0.05) is 18.0 Å². The molecule has 2 heteroatoms. The number of piperidine rings is 1. The third-order valence-corrected chi connectivity index (χ3v) is 3.27. The van der Waals surface area contributed by atoms with E-state index in [1.807, 2.05) is 0 Å². The van der Waals surface area contributed by atoms with Crippen molar-refractivity contribution in [1.82, 2.24) is 5.32 Å². The van der Waals surface area contributed by atoms with E-state index in [2.05, 4.69) is 12.2 Å². The van der Waals surface area contributed by atoms with Crippen LogP contribution < -0.4 is 5.32 Å². The van der Waals surface area contributed by atoms with E-state index < -0.39 is 0 Å². The van der Waals surface area contributed by atoms with Gasteiger partial charge in [0.1, 0.15) is 0 Å². The van der Waals surface area contributed by atoms with Crippen molar-refractivity contribution in [2.45, 2.75) is 44.1 Å². The molecule has 0 aromatic rings. The van der Waals surface area contributed by atoms with Gasteiger partial charge in [0.15, 0.2) is 0 Å². The lowest BCUT2D eigenvalue weighted by molar-refractivity contribution is -0.199. The molecule has 1 aliphatic carbocycles. The van der Waals surface area contributed by atoms with E-state index in [1.54, 1.807) is 0 Å². The minimum atomic E-state index is 0.500. The van der Waals surface area contributed by atoms with Crippen molar-refractivity contribution in [3.8, 4) is 0 Å². The number of hydrogen-bond donors (Lipinski definition) is 1. The van der Waals surface area contributed by atoms with Crippen molar-refractivity contribution in [3.05, 3.63) is 0 Å². The van der Waals surface area contributed by atoms with E-state index in [9.17, 15) is 0 Å². The predicted octanol–water partition coefficient (Wildman–Crippen LogP) is 0.524. The topological polar surface area (TPSA) is 21.3 Å². The molecule has 1 saturated carbocycles. The minimum absolute atomic E-state index is 0.500. The molecular formula is C8H13NO. The summed E-state index contributed by atoms with van der Waals surface area (Å²) < 4.78 is 5.75. The van der Waals surface area contributed by atoms with E-state index in [4.69, 9.17) is 4.74 Å². The van der Waals surface area contributed by atoms with Crippen LogP contribution in [-0.4, -0.2) is 24.3 Å². The summed E-state index contributed by atoms with van der Waals surface area (Å²) in [6.45, 7) is 2.18. The van der Waals surface area contributed by atoms with Gasteiger partial charge in [-0.25, -0.2) is 0 Å². The fourth-order valence-corrected chi connectivity index (χ4v) is 2.70. The first kappa shape index (κ1) is 5.56. The van der Waals surface area contributed by atoms with Crippen LogP contribution in [0.15, 0.2) is 0 Å². The van der Waals surface area contributed by atoms with Crippen LogP contribution >= 0.6 is 0 Å². The fourth-order valence-electron chi connectivity index (χ4n) is 2.70. The van der Waals surface area contributed by atoms with Crippen LogP contribution in [0.3, 0.4) is 0 Å². The molecule has 3 aliphatic rings. The minimum Gasteiger partial charge on any atom is -0.375 e. The lowest BCUT2D eigenvalue weighted by atomic mass is 9.62. The van der Waals surface area contributed by atoms with Gasteiger partial charge in [-0.05, 0) is 19.8 Å². The molecule has 3 fully saturated rings. The summed E-state index contributed by atoms with van der Waals surface area (Å²) in [5, 5.41) is 3.56. The molecule has 0 radical (unpaired) electrons. The van der Waals surface area contributed by atoms with E-state index in [1.165, 1.54) is 12.8 Å². The first-order chi connectivity index (χ1) is 4.84. The second-order valence-corrected chi connectivity index (χ2v) is 3.91. The highest BCUT2D eigenvalue weighted by molar-refractivity contribution is 5.13. The van der Waals surface area contributed by atoms with Crippen LogP contribution in [0.1, 0.15) is 19.8 Å². The third kappa shape index (κ3) is 0.487. The maximum Gasteiger partial charge on any atom is 0.0651 e. The van der Waals surface area contributed by atoms with Gasteiger partial charge in [-0.3, -0.25) is 0 Å². The zero-order valence-electron chi connectivity index (χ0n) is 6.21. The maximum atomic E-state index is 5.75. The van der Waals surface area contributed by atoms with Gasteiger partial charge in [-0.15, -0.1) is 0 Å². The number of nitrogens with one attached hydrogen (secondary N) is 1. The highest BCUT2D eigenvalue weighted by Crippen LogP contribution is 2.46. The second-order valence-electron chi connectivity index (χ2n) is 3.91. The predicted molar refractivity (Wildman–Crippen MR) is 37.8 cm³/mol. The molecule has 0 amide bonds. The van der Waals surface area contributed by atoms with Gasteiger partial charge in [-0.2, -0.15) is 0 Å². The van der Waals surface area contributed by atoms with Crippen LogP contribution in [0.25, 0.3) is 0 Å². The van der Waals surface area contributed by atoms with Gasteiger partial charge in [0.05, 0.1) is 12.2 Å². The lowest BCUT2D eigenvalue weighted by Crippen LogP contribution is -2.76. The van der Waals surface area contributed by atoms with Crippen LogP contribution in [0.5, 0.6) is 0 Å².